The molecule has 2 heterocycles. The molecule has 0 N–H and O–H groups in total. The molecule has 0 aliphatic carbocycles. The number of imide groups is 1. The zero-order valence-electron chi connectivity index (χ0n) is 13.2. The minimum Gasteiger partial charge on any atom is -0.443 e. The van der Waals surface area contributed by atoms with Gasteiger partial charge in [-0.25, -0.2) is 9.69 Å². The highest BCUT2D eigenvalue weighted by Crippen LogP contribution is 2.38. The van der Waals surface area contributed by atoms with Crippen molar-refractivity contribution in [3.05, 3.63) is 0 Å². The number of rotatable bonds is 0. The van der Waals surface area contributed by atoms with Crippen LogP contribution in [0.2, 0.25) is 0 Å². The summed E-state index contributed by atoms with van der Waals surface area (Å²) in [5.74, 6) is -0.0886. The number of piperidine rings is 1. The average Bonchev–Trinajstić information content (AvgIpc) is 2.51. The molecule has 2 fully saturated rings. The normalized spacial score (nSPS) is 24.0. The van der Waals surface area contributed by atoms with Crippen LogP contribution < -0.4 is 0 Å². The van der Waals surface area contributed by atoms with Crippen molar-refractivity contribution in [2.75, 3.05) is 13.1 Å². The number of thiol groups is 1. The molecule has 0 aromatic heterocycles. The number of carbonyl (C=O) groups excluding carboxylic acids is 2. The van der Waals surface area contributed by atoms with Crippen LogP contribution in [-0.4, -0.2) is 45.4 Å². The molecular formula is C15H26N2O3S. The molecule has 0 bridgehead atoms. The Kier molecular flexibility index (Phi) is 4.88. The standard InChI is InChI=1S/C15H26N2O3S/c1-14(2,3)20-13(19)17-12(18)6-4-5-7-15(17)8-10-16(21)11-9-15/h21H,4-11H2,1-3H3. The minimum atomic E-state index is -0.588. The summed E-state index contributed by atoms with van der Waals surface area (Å²) in [6.45, 7) is 7.06. The van der Waals surface area contributed by atoms with Crippen molar-refractivity contribution in [3.8, 4) is 0 Å². The third kappa shape index (κ3) is 3.92. The van der Waals surface area contributed by atoms with E-state index in [9.17, 15) is 9.59 Å². The lowest BCUT2D eigenvalue weighted by atomic mass is 9.83. The fourth-order valence-electron chi connectivity index (χ4n) is 3.21. The van der Waals surface area contributed by atoms with Gasteiger partial charge in [0.2, 0.25) is 5.91 Å². The molecule has 0 atom stereocenters. The SMILES string of the molecule is CC(C)(C)OC(=O)N1C(=O)CCCCC12CCN(S)CC2. The Labute approximate surface area is 132 Å². The van der Waals surface area contributed by atoms with Gasteiger partial charge in [-0.1, -0.05) is 19.2 Å². The maximum absolute atomic E-state index is 12.6. The third-order valence-electron chi connectivity index (χ3n) is 4.25. The van der Waals surface area contributed by atoms with E-state index in [4.69, 9.17) is 4.74 Å². The molecule has 0 unspecified atom stereocenters. The van der Waals surface area contributed by atoms with Crippen LogP contribution in [0.5, 0.6) is 0 Å². The topological polar surface area (TPSA) is 49.9 Å². The van der Waals surface area contributed by atoms with Gasteiger partial charge < -0.3 is 4.74 Å². The van der Waals surface area contributed by atoms with E-state index in [0.29, 0.717) is 6.42 Å². The van der Waals surface area contributed by atoms with Gasteiger partial charge in [-0.05, 0) is 46.5 Å². The molecule has 0 saturated carbocycles. The minimum absolute atomic E-state index is 0.0886. The Bertz CT molecular complexity index is 412. The predicted molar refractivity (Wildman–Crippen MR) is 84.1 cm³/mol. The summed E-state index contributed by atoms with van der Waals surface area (Å²) < 4.78 is 7.44. The fourth-order valence-corrected chi connectivity index (χ4v) is 3.41. The van der Waals surface area contributed by atoms with Gasteiger partial charge in [0.25, 0.3) is 0 Å². The predicted octanol–water partition coefficient (Wildman–Crippen LogP) is 3.00. The molecule has 0 aromatic carbocycles. The largest absolute Gasteiger partial charge is 0.443 e. The van der Waals surface area contributed by atoms with E-state index in [0.717, 1.165) is 45.2 Å². The molecule has 2 aliphatic rings. The Hall–Kier alpha value is -0.750. The van der Waals surface area contributed by atoms with E-state index >= 15 is 0 Å². The lowest BCUT2D eigenvalue weighted by Crippen LogP contribution is -2.58. The lowest BCUT2D eigenvalue weighted by molar-refractivity contribution is -0.136. The number of ether oxygens (including phenoxy) is 1. The molecule has 0 radical (unpaired) electrons. The highest BCUT2D eigenvalue weighted by molar-refractivity contribution is 7.77. The van der Waals surface area contributed by atoms with Crippen LogP contribution in [0, 0.1) is 0 Å². The molecule has 0 aromatic rings. The number of nitrogens with zero attached hydrogens (tertiary/aromatic N) is 2. The van der Waals surface area contributed by atoms with Crippen LogP contribution in [0.1, 0.15) is 59.3 Å². The van der Waals surface area contributed by atoms with Crippen molar-refractivity contribution < 1.29 is 14.3 Å². The van der Waals surface area contributed by atoms with E-state index in [-0.39, 0.29) is 11.4 Å². The second-order valence-electron chi connectivity index (χ2n) is 7.09. The molecule has 1 spiro atoms. The average molecular weight is 314 g/mol. The zero-order chi connectivity index (χ0) is 15.7. The molecule has 5 nitrogen and oxygen atoms in total. The first-order valence-electron chi connectivity index (χ1n) is 7.73. The lowest BCUT2D eigenvalue weighted by Gasteiger charge is -2.46. The van der Waals surface area contributed by atoms with E-state index in [2.05, 4.69) is 12.8 Å². The highest BCUT2D eigenvalue weighted by atomic mass is 32.1. The van der Waals surface area contributed by atoms with Gasteiger partial charge >= 0.3 is 6.09 Å². The third-order valence-corrected chi connectivity index (χ3v) is 4.65. The molecule has 6 heteroatoms. The van der Waals surface area contributed by atoms with Crippen LogP contribution >= 0.6 is 12.8 Å². The van der Waals surface area contributed by atoms with Gasteiger partial charge in [-0.3, -0.25) is 9.10 Å². The first-order valence-corrected chi connectivity index (χ1v) is 8.13. The first kappa shape index (κ1) is 16.6. The first-order chi connectivity index (χ1) is 9.73. The summed E-state index contributed by atoms with van der Waals surface area (Å²) in [6.07, 6.45) is 4.22. The van der Waals surface area contributed by atoms with Crippen molar-refractivity contribution in [1.82, 2.24) is 9.21 Å². The van der Waals surface area contributed by atoms with E-state index in [1.165, 1.54) is 4.90 Å². The number of hydrogen-bond acceptors (Lipinski definition) is 5. The number of hydrogen-bond donors (Lipinski definition) is 1. The van der Waals surface area contributed by atoms with E-state index < -0.39 is 11.7 Å². The zero-order valence-corrected chi connectivity index (χ0v) is 14.1. The Balaban J connectivity index is 2.26. The smallest absolute Gasteiger partial charge is 0.417 e. The Morgan fingerprint density at radius 1 is 1.19 bits per heavy atom. The van der Waals surface area contributed by atoms with Crippen molar-refractivity contribution in [1.29, 1.82) is 0 Å². The van der Waals surface area contributed by atoms with Crippen LogP contribution in [-0.2, 0) is 9.53 Å². The van der Waals surface area contributed by atoms with Crippen molar-refractivity contribution in [3.63, 3.8) is 0 Å². The number of amides is 2. The van der Waals surface area contributed by atoms with E-state index in [1.54, 1.807) is 0 Å². The second kappa shape index (κ2) is 6.16. The Morgan fingerprint density at radius 2 is 1.81 bits per heavy atom. The van der Waals surface area contributed by atoms with E-state index in [1.807, 2.05) is 25.1 Å². The van der Waals surface area contributed by atoms with Gasteiger partial charge in [0.15, 0.2) is 0 Å². The fraction of sp³-hybridized carbons (Fsp3) is 0.867. The van der Waals surface area contributed by atoms with Crippen molar-refractivity contribution >= 4 is 24.8 Å². The summed E-state index contributed by atoms with van der Waals surface area (Å²) in [5.41, 5.74) is -0.968. The Morgan fingerprint density at radius 3 is 2.38 bits per heavy atom. The summed E-state index contributed by atoms with van der Waals surface area (Å²) >= 11 is 4.38. The second-order valence-corrected chi connectivity index (χ2v) is 7.66. The highest BCUT2D eigenvalue weighted by Gasteiger charge is 2.47. The molecule has 2 saturated heterocycles. The van der Waals surface area contributed by atoms with Crippen LogP contribution in [0.4, 0.5) is 4.79 Å². The maximum atomic E-state index is 12.6. The molecule has 2 amide bonds. The summed E-state index contributed by atoms with van der Waals surface area (Å²) in [7, 11) is 0. The maximum Gasteiger partial charge on any atom is 0.417 e. The van der Waals surface area contributed by atoms with Gasteiger partial charge in [-0.15, -0.1) is 0 Å². The number of carbonyl (C=O) groups is 2. The van der Waals surface area contributed by atoms with Crippen molar-refractivity contribution in [2.24, 2.45) is 0 Å². The number of likely N-dealkylation sites (tertiary alicyclic amines) is 1. The molecular weight excluding hydrogens is 288 g/mol. The summed E-state index contributed by atoms with van der Waals surface area (Å²) in [5, 5.41) is 0. The molecule has 21 heavy (non-hydrogen) atoms. The quantitative estimate of drug-likeness (QED) is 0.698. The van der Waals surface area contributed by atoms with Gasteiger partial charge in [0.05, 0.1) is 5.54 Å². The van der Waals surface area contributed by atoms with Crippen LogP contribution in [0.15, 0.2) is 0 Å². The molecule has 2 rings (SSSR count). The van der Waals surface area contributed by atoms with Gasteiger partial charge in [0.1, 0.15) is 5.60 Å². The van der Waals surface area contributed by atoms with Crippen molar-refractivity contribution in [2.45, 2.75) is 70.4 Å². The van der Waals surface area contributed by atoms with Gasteiger partial charge in [-0.2, -0.15) is 0 Å². The molecule has 120 valence electrons. The summed E-state index contributed by atoms with van der Waals surface area (Å²) in [6, 6.07) is 0. The van der Waals surface area contributed by atoms with Crippen LogP contribution in [0.25, 0.3) is 0 Å². The monoisotopic (exact) mass is 314 g/mol. The molecule has 2 aliphatic heterocycles. The van der Waals surface area contributed by atoms with Gasteiger partial charge in [0, 0.05) is 19.5 Å². The van der Waals surface area contributed by atoms with Crippen LogP contribution in [0.3, 0.4) is 0 Å². The summed E-state index contributed by atoms with van der Waals surface area (Å²) in [4.78, 5) is 26.5.